The number of halogens is 3. The molecule has 1 aliphatic carbocycles. The van der Waals surface area contributed by atoms with Crippen LogP contribution in [0.3, 0.4) is 0 Å². The van der Waals surface area contributed by atoms with Crippen LogP contribution >= 0.6 is 0 Å². The average molecular weight is 411 g/mol. The fraction of sp³-hybridized carbons (Fsp3) is 0.600. The van der Waals surface area contributed by atoms with Crippen LogP contribution in [0.25, 0.3) is 0 Å². The molecule has 24 heavy (non-hydrogen) atoms. The van der Waals surface area contributed by atoms with Gasteiger partial charge in [0, 0.05) is 13.1 Å². The van der Waals surface area contributed by atoms with Crippen molar-refractivity contribution < 1.29 is 41.6 Å². The lowest BCUT2D eigenvalue weighted by molar-refractivity contribution is 0.0253. The molecule has 1 aliphatic heterocycles. The molecule has 0 saturated carbocycles. The van der Waals surface area contributed by atoms with Crippen molar-refractivity contribution in [3.8, 4) is 0 Å². The van der Waals surface area contributed by atoms with E-state index in [0.717, 1.165) is 4.90 Å². The van der Waals surface area contributed by atoms with E-state index in [1.54, 1.807) is 0 Å². The van der Waals surface area contributed by atoms with Crippen LogP contribution in [0.5, 0.6) is 0 Å². The molecular weight excluding hydrogens is 399 g/mol. The Balaban J connectivity index is 2.68. The van der Waals surface area contributed by atoms with Crippen LogP contribution in [0.1, 0.15) is 0 Å². The van der Waals surface area contributed by atoms with E-state index in [1.165, 1.54) is 0 Å². The van der Waals surface area contributed by atoms with Gasteiger partial charge in [-0.1, -0.05) is 0 Å². The highest BCUT2D eigenvalue weighted by Gasteiger charge is 2.46. The SMILES string of the molecule is O=S(=O)(F)C1=CC(S(=O)(=O)F)C(N2CCOCC2)C(S(=O)(=O)F)=C1. The Kier molecular flexibility index (Phi) is 5.17. The molecule has 138 valence electrons. The highest BCUT2D eigenvalue weighted by Crippen LogP contribution is 2.34. The van der Waals surface area contributed by atoms with E-state index < -0.39 is 51.8 Å². The Morgan fingerprint density at radius 3 is 1.92 bits per heavy atom. The normalized spacial score (nSPS) is 27.5. The minimum Gasteiger partial charge on any atom is -0.379 e. The molecule has 0 amide bonds. The zero-order valence-corrected chi connectivity index (χ0v) is 14.3. The molecular formula is C10H12F3NO7S3. The molecule has 1 heterocycles. The number of allylic oxidation sites excluding steroid dienone is 1. The summed E-state index contributed by atoms with van der Waals surface area (Å²) in [7, 11) is -16.8. The van der Waals surface area contributed by atoms with E-state index in [4.69, 9.17) is 4.74 Å². The van der Waals surface area contributed by atoms with E-state index in [1.807, 2.05) is 0 Å². The van der Waals surface area contributed by atoms with Gasteiger partial charge < -0.3 is 4.74 Å². The number of morpholine rings is 1. The van der Waals surface area contributed by atoms with Crippen LogP contribution in [0, 0.1) is 0 Å². The number of rotatable bonds is 4. The maximum Gasteiger partial charge on any atom is 0.331 e. The average Bonchev–Trinajstić information content (AvgIpc) is 2.44. The van der Waals surface area contributed by atoms with Crippen molar-refractivity contribution in [1.82, 2.24) is 4.90 Å². The summed E-state index contributed by atoms with van der Waals surface area (Å²) in [5.74, 6) is 0. The Morgan fingerprint density at radius 2 is 1.50 bits per heavy atom. The van der Waals surface area contributed by atoms with Gasteiger partial charge in [-0.15, -0.1) is 11.7 Å². The van der Waals surface area contributed by atoms with Gasteiger partial charge in [-0.2, -0.15) is 25.3 Å². The van der Waals surface area contributed by atoms with Crippen molar-refractivity contribution in [3.63, 3.8) is 0 Å². The van der Waals surface area contributed by atoms with E-state index in [0.29, 0.717) is 0 Å². The molecule has 14 heteroatoms. The summed E-state index contributed by atoms with van der Waals surface area (Å²) in [5, 5.41) is -2.40. The fourth-order valence-corrected chi connectivity index (χ4v) is 5.14. The quantitative estimate of drug-likeness (QED) is 0.581. The summed E-state index contributed by atoms with van der Waals surface area (Å²) >= 11 is 0. The van der Waals surface area contributed by atoms with E-state index in [9.17, 15) is 36.9 Å². The predicted molar refractivity (Wildman–Crippen MR) is 76.2 cm³/mol. The van der Waals surface area contributed by atoms with E-state index in [-0.39, 0.29) is 38.5 Å². The first-order chi connectivity index (χ1) is 10.8. The molecule has 2 unspecified atom stereocenters. The summed E-state index contributed by atoms with van der Waals surface area (Å²) < 4.78 is 113. The Hall–Kier alpha value is -0.960. The lowest BCUT2D eigenvalue weighted by atomic mass is 10.1. The zero-order valence-electron chi connectivity index (χ0n) is 11.8. The first kappa shape index (κ1) is 19.4. The van der Waals surface area contributed by atoms with Crippen LogP contribution < -0.4 is 0 Å². The van der Waals surface area contributed by atoms with Crippen LogP contribution in [-0.4, -0.2) is 67.7 Å². The molecule has 0 N–H and O–H groups in total. The van der Waals surface area contributed by atoms with Gasteiger partial charge in [0.05, 0.1) is 29.1 Å². The van der Waals surface area contributed by atoms with Crippen LogP contribution in [0.4, 0.5) is 11.7 Å². The highest BCUT2D eigenvalue weighted by atomic mass is 32.3. The van der Waals surface area contributed by atoms with Crippen molar-refractivity contribution in [3.05, 3.63) is 22.0 Å². The van der Waals surface area contributed by atoms with Gasteiger partial charge in [0.15, 0.2) is 0 Å². The Bertz CT molecular complexity index is 886. The zero-order chi connectivity index (χ0) is 18.3. The van der Waals surface area contributed by atoms with Gasteiger partial charge in [-0.05, 0) is 12.2 Å². The lowest BCUT2D eigenvalue weighted by Gasteiger charge is -2.38. The van der Waals surface area contributed by atoms with E-state index in [2.05, 4.69) is 0 Å². The van der Waals surface area contributed by atoms with Gasteiger partial charge in [0.1, 0.15) is 5.25 Å². The molecule has 0 aromatic carbocycles. The van der Waals surface area contributed by atoms with Crippen LogP contribution in [0.2, 0.25) is 0 Å². The van der Waals surface area contributed by atoms with Crippen molar-refractivity contribution in [2.24, 2.45) is 0 Å². The van der Waals surface area contributed by atoms with Gasteiger partial charge in [0.25, 0.3) is 0 Å². The van der Waals surface area contributed by atoms with E-state index >= 15 is 0 Å². The Morgan fingerprint density at radius 1 is 0.958 bits per heavy atom. The van der Waals surface area contributed by atoms with Crippen LogP contribution in [-0.2, 0) is 35.4 Å². The monoisotopic (exact) mass is 411 g/mol. The lowest BCUT2D eigenvalue weighted by Crippen LogP contribution is -2.53. The molecule has 0 aromatic rings. The van der Waals surface area contributed by atoms with Crippen molar-refractivity contribution in [2.45, 2.75) is 11.3 Å². The standard InChI is InChI=1S/C10H12F3NO7S3/c11-22(15,16)7-5-8(23(12,17)18)10(9(6-7)24(13,19)20)14-1-3-21-4-2-14/h5-6,8,10H,1-4H2. The maximum atomic E-state index is 13.6. The van der Waals surface area contributed by atoms with Crippen molar-refractivity contribution in [1.29, 1.82) is 0 Å². The Labute approximate surface area is 137 Å². The molecule has 0 bridgehead atoms. The minimum atomic E-state index is -5.64. The van der Waals surface area contributed by atoms with Crippen molar-refractivity contribution in [2.75, 3.05) is 26.3 Å². The predicted octanol–water partition coefficient (Wildman–Crippen LogP) is -0.265. The largest absolute Gasteiger partial charge is 0.379 e. The van der Waals surface area contributed by atoms with Gasteiger partial charge >= 0.3 is 30.7 Å². The molecule has 8 nitrogen and oxygen atoms in total. The second-order valence-corrected chi connectivity index (χ2v) is 9.21. The number of hydrogen-bond acceptors (Lipinski definition) is 8. The molecule has 1 saturated heterocycles. The molecule has 1 fully saturated rings. The topological polar surface area (TPSA) is 115 Å². The molecule has 0 aromatic heterocycles. The summed E-state index contributed by atoms with van der Waals surface area (Å²) in [4.78, 5) is -1.66. The number of nitrogens with zero attached hydrogens (tertiary/aromatic N) is 1. The summed E-state index contributed by atoms with van der Waals surface area (Å²) in [6, 6.07) is -1.87. The number of hydrogen-bond donors (Lipinski definition) is 0. The second kappa shape index (κ2) is 6.40. The summed E-state index contributed by atoms with van der Waals surface area (Å²) in [6.07, 6.45) is 0.381. The molecule has 0 spiro atoms. The van der Waals surface area contributed by atoms with Gasteiger partial charge in [0.2, 0.25) is 0 Å². The summed E-state index contributed by atoms with van der Waals surface area (Å²) in [5.41, 5.74) is 0. The third-order valence-corrected chi connectivity index (χ3v) is 6.33. The van der Waals surface area contributed by atoms with Crippen LogP contribution in [0.15, 0.2) is 22.0 Å². The van der Waals surface area contributed by atoms with Crippen molar-refractivity contribution >= 4 is 30.7 Å². The first-order valence-electron chi connectivity index (χ1n) is 6.40. The molecule has 2 atom stereocenters. The van der Waals surface area contributed by atoms with Gasteiger partial charge in [-0.25, -0.2) is 0 Å². The molecule has 0 radical (unpaired) electrons. The highest BCUT2D eigenvalue weighted by molar-refractivity contribution is 7.92. The third kappa shape index (κ3) is 4.17. The van der Waals surface area contributed by atoms with Gasteiger partial charge in [-0.3, -0.25) is 4.90 Å². The minimum absolute atomic E-state index is 0.0349. The second-order valence-electron chi connectivity index (χ2n) is 5.02. The summed E-state index contributed by atoms with van der Waals surface area (Å²) in [6.45, 7) is -0.0511. The molecule has 2 rings (SSSR count). The smallest absolute Gasteiger partial charge is 0.331 e. The fourth-order valence-electron chi connectivity index (χ4n) is 2.53. The first-order valence-corrected chi connectivity index (χ1v) is 10.6. The maximum absolute atomic E-state index is 13.6. The number of ether oxygens (including phenoxy) is 1. The molecule has 2 aliphatic rings. The third-order valence-electron chi connectivity index (χ3n) is 3.54.